The summed E-state index contributed by atoms with van der Waals surface area (Å²) in [6.45, 7) is 5.50. The first-order valence-electron chi connectivity index (χ1n) is 10.6. The van der Waals surface area contributed by atoms with Crippen molar-refractivity contribution in [1.29, 1.82) is 0 Å². The Bertz CT molecular complexity index is 1360. The van der Waals surface area contributed by atoms with Crippen LogP contribution >= 0.6 is 0 Å². The number of aromatic nitrogens is 2. The molecule has 3 aromatic carbocycles. The molecule has 0 saturated carbocycles. The Morgan fingerprint density at radius 1 is 0.828 bits per heavy atom. The first-order chi connectivity index (χ1) is 14.1. The van der Waals surface area contributed by atoms with Crippen molar-refractivity contribution < 1.29 is 4.57 Å². The summed E-state index contributed by atoms with van der Waals surface area (Å²) in [7, 11) is 2.13. The Kier molecular flexibility index (Phi) is 4.35. The standard InChI is InChI=1S/C27H27N2/c1-4-5-13-29-14-12-20-8-9-22(17-27(20)29)21-10-11-26-25(16-21)24-15-19(2)6-7-23(24)18-28(26)3/h6-12,14-18H,4-5,13H2,1-3H3/q+1. The van der Waals surface area contributed by atoms with Crippen molar-refractivity contribution in [2.45, 2.75) is 33.2 Å². The SMILES string of the molecule is CCCCn1ccc2ccc(-c3ccc4c(c3)c3cc(C)ccc3c[n+]4C)cc21. The van der Waals surface area contributed by atoms with E-state index in [1.165, 1.54) is 62.1 Å². The minimum atomic E-state index is 1.08. The average Bonchev–Trinajstić information content (AvgIpc) is 3.15. The maximum Gasteiger partial charge on any atom is 0.212 e. The number of aryl methyl sites for hydroxylation is 3. The minimum Gasteiger partial charge on any atom is -0.347 e. The molecule has 0 saturated heterocycles. The van der Waals surface area contributed by atoms with Crippen molar-refractivity contribution in [3.63, 3.8) is 0 Å². The molecule has 5 rings (SSSR count). The lowest BCUT2D eigenvalue weighted by Gasteiger charge is -2.09. The molecule has 0 spiro atoms. The number of rotatable bonds is 4. The van der Waals surface area contributed by atoms with Crippen molar-refractivity contribution in [1.82, 2.24) is 4.57 Å². The highest BCUT2D eigenvalue weighted by atomic mass is 14.9. The van der Waals surface area contributed by atoms with Gasteiger partial charge in [0.2, 0.25) is 5.52 Å². The fourth-order valence-electron chi connectivity index (χ4n) is 4.42. The van der Waals surface area contributed by atoms with Crippen LogP contribution in [0.1, 0.15) is 25.3 Å². The number of hydrogen-bond acceptors (Lipinski definition) is 0. The van der Waals surface area contributed by atoms with Gasteiger partial charge in [-0.25, -0.2) is 4.57 Å². The minimum absolute atomic E-state index is 1.08. The van der Waals surface area contributed by atoms with Crippen LogP contribution in [0.25, 0.3) is 43.7 Å². The maximum atomic E-state index is 2.39. The van der Waals surface area contributed by atoms with Gasteiger partial charge in [0.05, 0.1) is 5.39 Å². The van der Waals surface area contributed by atoms with E-state index in [0.29, 0.717) is 0 Å². The van der Waals surface area contributed by atoms with Crippen molar-refractivity contribution in [3.05, 3.63) is 78.6 Å². The summed E-state index contributed by atoms with van der Waals surface area (Å²) in [5.74, 6) is 0. The highest BCUT2D eigenvalue weighted by molar-refractivity contribution is 6.05. The van der Waals surface area contributed by atoms with Crippen LogP contribution < -0.4 is 4.57 Å². The van der Waals surface area contributed by atoms with Gasteiger partial charge in [-0.1, -0.05) is 43.2 Å². The molecule has 0 atom stereocenters. The van der Waals surface area contributed by atoms with Crippen LogP contribution in [-0.2, 0) is 13.6 Å². The molecule has 144 valence electrons. The van der Waals surface area contributed by atoms with Gasteiger partial charge in [-0.2, -0.15) is 0 Å². The lowest BCUT2D eigenvalue weighted by Crippen LogP contribution is -2.28. The number of benzene rings is 3. The van der Waals surface area contributed by atoms with Crippen LogP contribution in [0.2, 0.25) is 0 Å². The third-order valence-corrected chi connectivity index (χ3v) is 6.07. The summed E-state index contributed by atoms with van der Waals surface area (Å²) in [5, 5.41) is 5.24. The second-order valence-electron chi connectivity index (χ2n) is 8.20. The van der Waals surface area contributed by atoms with Crippen LogP contribution in [0.3, 0.4) is 0 Å². The van der Waals surface area contributed by atoms with Crippen LogP contribution in [0.4, 0.5) is 0 Å². The van der Waals surface area contributed by atoms with Gasteiger partial charge in [0.25, 0.3) is 0 Å². The van der Waals surface area contributed by atoms with Crippen LogP contribution in [0.15, 0.2) is 73.1 Å². The van der Waals surface area contributed by atoms with Gasteiger partial charge in [-0.15, -0.1) is 0 Å². The van der Waals surface area contributed by atoms with E-state index in [0.717, 1.165) is 6.54 Å². The molecular formula is C27H27N2+. The number of nitrogens with zero attached hydrogens (tertiary/aromatic N) is 2. The van der Waals surface area contributed by atoms with E-state index >= 15 is 0 Å². The average molecular weight is 380 g/mol. The monoisotopic (exact) mass is 379 g/mol. The quantitative estimate of drug-likeness (QED) is 0.247. The molecule has 2 aromatic heterocycles. The molecule has 5 aromatic rings. The van der Waals surface area contributed by atoms with E-state index in [2.05, 4.69) is 103 Å². The Hall–Kier alpha value is -3.13. The number of hydrogen-bond donors (Lipinski definition) is 0. The van der Waals surface area contributed by atoms with Crippen molar-refractivity contribution in [3.8, 4) is 11.1 Å². The van der Waals surface area contributed by atoms with Gasteiger partial charge in [-0.3, -0.25) is 0 Å². The predicted molar refractivity (Wildman–Crippen MR) is 123 cm³/mol. The topological polar surface area (TPSA) is 8.81 Å². The van der Waals surface area contributed by atoms with Crippen molar-refractivity contribution in [2.24, 2.45) is 7.05 Å². The molecule has 0 bridgehead atoms. The Morgan fingerprint density at radius 3 is 2.48 bits per heavy atom. The predicted octanol–water partition coefficient (Wildman–Crippen LogP) is 6.55. The summed E-state index contributed by atoms with van der Waals surface area (Å²) in [6, 6.07) is 22.7. The zero-order valence-electron chi connectivity index (χ0n) is 17.4. The lowest BCUT2D eigenvalue weighted by molar-refractivity contribution is -0.643. The highest BCUT2D eigenvalue weighted by Crippen LogP contribution is 2.30. The molecule has 0 aliphatic rings. The van der Waals surface area contributed by atoms with Crippen LogP contribution in [-0.4, -0.2) is 4.57 Å². The van der Waals surface area contributed by atoms with Gasteiger partial charge < -0.3 is 4.57 Å². The van der Waals surface area contributed by atoms with E-state index in [1.807, 2.05) is 0 Å². The second-order valence-corrected chi connectivity index (χ2v) is 8.20. The number of pyridine rings is 1. The first-order valence-corrected chi connectivity index (χ1v) is 10.6. The summed E-state index contributed by atoms with van der Waals surface area (Å²) in [6.07, 6.45) is 6.88. The Labute approximate surface area is 172 Å². The van der Waals surface area contributed by atoms with Crippen LogP contribution in [0.5, 0.6) is 0 Å². The summed E-state index contributed by atoms with van der Waals surface area (Å²) >= 11 is 0. The van der Waals surface area contributed by atoms with Crippen molar-refractivity contribution in [2.75, 3.05) is 0 Å². The molecule has 0 amide bonds. The largest absolute Gasteiger partial charge is 0.347 e. The second kappa shape index (κ2) is 7.04. The van der Waals surface area contributed by atoms with Gasteiger partial charge in [-0.05, 0) is 60.2 Å². The molecule has 0 radical (unpaired) electrons. The molecule has 2 heteroatoms. The first kappa shape index (κ1) is 17.9. The molecule has 0 fully saturated rings. The highest BCUT2D eigenvalue weighted by Gasteiger charge is 2.12. The van der Waals surface area contributed by atoms with E-state index in [-0.39, 0.29) is 0 Å². The smallest absolute Gasteiger partial charge is 0.212 e. The fraction of sp³-hybridized carbons (Fsp3) is 0.222. The Balaban J connectivity index is 1.70. The number of fused-ring (bicyclic) bond motifs is 4. The van der Waals surface area contributed by atoms with E-state index in [4.69, 9.17) is 0 Å². The Morgan fingerprint density at radius 2 is 1.62 bits per heavy atom. The molecule has 0 N–H and O–H groups in total. The van der Waals surface area contributed by atoms with Crippen LogP contribution in [0, 0.1) is 6.92 Å². The summed E-state index contributed by atoms with van der Waals surface area (Å²) < 4.78 is 4.62. The molecule has 2 heterocycles. The van der Waals surface area contributed by atoms with Gasteiger partial charge >= 0.3 is 0 Å². The zero-order chi connectivity index (χ0) is 20.0. The third kappa shape index (κ3) is 3.09. The normalized spacial score (nSPS) is 11.7. The molecule has 0 aliphatic heterocycles. The summed E-state index contributed by atoms with van der Waals surface area (Å²) in [5.41, 5.74) is 6.45. The molecule has 0 unspecified atom stereocenters. The van der Waals surface area contributed by atoms with Gasteiger partial charge in [0.1, 0.15) is 7.05 Å². The molecule has 29 heavy (non-hydrogen) atoms. The van der Waals surface area contributed by atoms with Crippen molar-refractivity contribution >= 4 is 32.6 Å². The third-order valence-electron chi connectivity index (χ3n) is 6.07. The fourth-order valence-corrected chi connectivity index (χ4v) is 4.42. The number of unbranched alkanes of at least 4 members (excludes halogenated alkanes) is 1. The van der Waals surface area contributed by atoms with Gasteiger partial charge in [0.15, 0.2) is 6.20 Å². The molecule has 0 aliphatic carbocycles. The summed E-state index contributed by atoms with van der Waals surface area (Å²) in [4.78, 5) is 0. The maximum absolute atomic E-state index is 2.39. The van der Waals surface area contributed by atoms with E-state index in [1.54, 1.807) is 0 Å². The lowest BCUT2D eigenvalue weighted by atomic mass is 9.98. The van der Waals surface area contributed by atoms with Gasteiger partial charge in [0, 0.05) is 35.1 Å². The zero-order valence-corrected chi connectivity index (χ0v) is 17.4. The van der Waals surface area contributed by atoms with E-state index in [9.17, 15) is 0 Å². The molecular weight excluding hydrogens is 352 g/mol. The molecule has 2 nitrogen and oxygen atoms in total. The van der Waals surface area contributed by atoms with E-state index < -0.39 is 0 Å².